The first kappa shape index (κ1) is 17.1. The molecule has 1 rings (SSSR count). The number of aromatic hydroxyl groups is 1. The van der Waals surface area contributed by atoms with E-state index in [1.807, 2.05) is 0 Å². The van der Waals surface area contributed by atoms with Crippen LogP contribution in [0.2, 0.25) is 0 Å². The van der Waals surface area contributed by atoms with Crippen LogP contribution in [0.5, 0.6) is 5.75 Å². The molecule has 0 heterocycles. The summed E-state index contributed by atoms with van der Waals surface area (Å²) in [6.45, 7) is 3.93. The monoisotopic (exact) mass is 415 g/mol. The second-order valence-electron chi connectivity index (χ2n) is 3.65. The van der Waals surface area contributed by atoms with Crippen LogP contribution >= 0.6 is 39.5 Å². The Labute approximate surface area is 129 Å². The van der Waals surface area contributed by atoms with E-state index in [1.54, 1.807) is 26.0 Å². The van der Waals surface area contributed by atoms with Gasteiger partial charge in [0.05, 0.1) is 22.2 Å². The molecule has 0 saturated heterocycles. The standard InChI is InChI=1S/C11H16Br2NO4P/c1-3-17-19(16,18-4-2)11(14)7-5-8(12)10(15)9(13)6-7/h5-6,11,15H,3-4,14H2,1-2H3/t11-/m1/s1. The fourth-order valence-electron chi connectivity index (χ4n) is 1.50. The van der Waals surface area contributed by atoms with Gasteiger partial charge in [-0.3, -0.25) is 4.57 Å². The summed E-state index contributed by atoms with van der Waals surface area (Å²) < 4.78 is 23.9. The number of hydrogen-bond acceptors (Lipinski definition) is 5. The van der Waals surface area contributed by atoms with Gasteiger partial charge >= 0.3 is 7.60 Å². The molecular weight excluding hydrogens is 401 g/mol. The molecule has 19 heavy (non-hydrogen) atoms. The number of phenols is 1. The Morgan fingerprint density at radius 3 is 2.05 bits per heavy atom. The third kappa shape index (κ3) is 4.03. The largest absolute Gasteiger partial charge is 0.506 e. The average Bonchev–Trinajstić information content (AvgIpc) is 2.35. The molecule has 1 aromatic carbocycles. The van der Waals surface area contributed by atoms with Crippen molar-refractivity contribution in [1.82, 2.24) is 0 Å². The van der Waals surface area contributed by atoms with Crippen molar-refractivity contribution < 1.29 is 18.7 Å². The van der Waals surface area contributed by atoms with Crippen molar-refractivity contribution in [1.29, 1.82) is 0 Å². The molecule has 8 heteroatoms. The lowest BCUT2D eigenvalue weighted by Crippen LogP contribution is -2.15. The number of phenolic OH excluding ortho intramolecular Hbond substituents is 1. The Hall–Kier alpha value is 0.0900. The SMILES string of the molecule is CCOP(=O)(OCC)[C@@H](N)c1cc(Br)c(O)c(Br)c1. The smallest absolute Gasteiger partial charge is 0.351 e. The average molecular weight is 417 g/mol. The third-order valence-corrected chi connectivity index (χ3v) is 5.76. The second kappa shape index (κ2) is 7.20. The van der Waals surface area contributed by atoms with Gasteiger partial charge in [-0.2, -0.15) is 0 Å². The Morgan fingerprint density at radius 2 is 1.68 bits per heavy atom. The Bertz CT molecular complexity index is 465. The minimum Gasteiger partial charge on any atom is -0.506 e. The zero-order valence-corrected chi connectivity index (χ0v) is 14.7. The maximum absolute atomic E-state index is 12.6. The number of rotatable bonds is 6. The summed E-state index contributed by atoms with van der Waals surface area (Å²) in [5.41, 5.74) is 6.54. The molecule has 0 unspecified atom stereocenters. The van der Waals surface area contributed by atoms with Crippen LogP contribution in [0.25, 0.3) is 0 Å². The quantitative estimate of drug-likeness (QED) is 0.681. The first-order chi connectivity index (χ1) is 8.85. The zero-order valence-electron chi connectivity index (χ0n) is 10.6. The van der Waals surface area contributed by atoms with Gasteiger partial charge < -0.3 is 19.9 Å². The molecule has 1 aromatic rings. The molecule has 0 aliphatic rings. The highest BCUT2D eigenvalue weighted by molar-refractivity contribution is 9.11. The van der Waals surface area contributed by atoms with Gasteiger partial charge in [0, 0.05) is 0 Å². The van der Waals surface area contributed by atoms with Crippen LogP contribution in [-0.2, 0) is 13.6 Å². The predicted molar refractivity (Wildman–Crippen MR) is 81.3 cm³/mol. The Morgan fingerprint density at radius 1 is 1.26 bits per heavy atom. The van der Waals surface area contributed by atoms with E-state index >= 15 is 0 Å². The van der Waals surface area contributed by atoms with Gasteiger partial charge in [0.15, 0.2) is 0 Å². The first-order valence-electron chi connectivity index (χ1n) is 5.68. The van der Waals surface area contributed by atoms with E-state index in [-0.39, 0.29) is 19.0 Å². The van der Waals surface area contributed by atoms with Gasteiger partial charge in [0.1, 0.15) is 11.5 Å². The summed E-state index contributed by atoms with van der Waals surface area (Å²) in [5, 5.41) is 9.66. The molecule has 0 aliphatic heterocycles. The molecule has 3 N–H and O–H groups in total. The molecule has 108 valence electrons. The van der Waals surface area contributed by atoms with Crippen LogP contribution in [0.4, 0.5) is 0 Å². The Balaban J connectivity index is 3.16. The maximum atomic E-state index is 12.6. The van der Waals surface area contributed by atoms with Gasteiger partial charge in [-0.1, -0.05) is 0 Å². The van der Waals surface area contributed by atoms with Gasteiger partial charge in [0.25, 0.3) is 0 Å². The van der Waals surface area contributed by atoms with Crippen LogP contribution in [0.3, 0.4) is 0 Å². The van der Waals surface area contributed by atoms with E-state index in [0.717, 1.165) is 0 Å². The molecule has 0 spiro atoms. The van der Waals surface area contributed by atoms with E-state index in [9.17, 15) is 9.67 Å². The van der Waals surface area contributed by atoms with Crippen molar-refractivity contribution in [3.05, 3.63) is 26.6 Å². The molecule has 0 saturated carbocycles. The summed E-state index contributed by atoms with van der Waals surface area (Å²) >= 11 is 6.41. The fraction of sp³-hybridized carbons (Fsp3) is 0.455. The summed E-state index contributed by atoms with van der Waals surface area (Å²) in [6, 6.07) is 3.19. The van der Waals surface area contributed by atoms with Gasteiger partial charge in [0.2, 0.25) is 0 Å². The fourth-order valence-corrected chi connectivity index (χ4v) is 4.35. The van der Waals surface area contributed by atoms with Crippen molar-refractivity contribution in [3.8, 4) is 5.75 Å². The zero-order chi connectivity index (χ0) is 14.6. The maximum Gasteiger partial charge on any atom is 0.351 e. The number of nitrogens with two attached hydrogens (primary N) is 1. The van der Waals surface area contributed by atoms with Crippen LogP contribution in [-0.4, -0.2) is 18.3 Å². The summed E-state index contributed by atoms with van der Waals surface area (Å²) in [6.07, 6.45) is 0. The normalized spacial score (nSPS) is 13.5. The summed E-state index contributed by atoms with van der Waals surface area (Å²) in [7, 11) is -3.43. The molecule has 0 fully saturated rings. The third-order valence-electron chi connectivity index (χ3n) is 2.34. The van der Waals surface area contributed by atoms with E-state index in [1.165, 1.54) is 0 Å². The van der Waals surface area contributed by atoms with Crippen molar-refractivity contribution in [2.45, 2.75) is 19.6 Å². The van der Waals surface area contributed by atoms with E-state index < -0.39 is 13.4 Å². The minimum absolute atomic E-state index is 0.0543. The number of benzene rings is 1. The minimum atomic E-state index is -3.43. The van der Waals surface area contributed by atoms with Crippen molar-refractivity contribution in [3.63, 3.8) is 0 Å². The van der Waals surface area contributed by atoms with Crippen LogP contribution in [0, 0.1) is 0 Å². The predicted octanol–water partition coefficient (Wildman–Crippen LogP) is 4.14. The van der Waals surface area contributed by atoms with E-state index in [4.69, 9.17) is 14.8 Å². The van der Waals surface area contributed by atoms with Crippen LogP contribution in [0.1, 0.15) is 25.2 Å². The Kier molecular flexibility index (Phi) is 6.50. The van der Waals surface area contributed by atoms with Gasteiger partial charge in [-0.05, 0) is 63.4 Å². The number of halogens is 2. The molecule has 0 aromatic heterocycles. The van der Waals surface area contributed by atoms with E-state index in [2.05, 4.69) is 31.9 Å². The van der Waals surface area contributed by atoms with Crippen molar-refractivity contribution in [2.24, 2.45) is 5.73 Å². The molecular formula is C11H16Br2NO4P. The lowest BCUT2D eigenvalue weighted by molar-refractivity contribution is 0.212. The summed E-state index contributed by atoms with van der Waals surface area (Å²) in [5.74, 6) is -0.862. The molecule has 0 bridgehead atoms. The first-order valence-corrected chi connectivity index (χ1v) is 8.87. The molecule has 0 radical (unpaired) electrons. The van der Waals surface area contributed by atoms with Crippen molar-refractivity contribution in [2.75, 3.05) is 13.2 Å². The highest BCUT2D eigenvalue weighted by atomic mass is 79.9. The van der Waals surface area contributed by atoms with Crippen molar-refractivity contribution >= 4 is 39.5 Å². The van der Waals surface area contributed by atoms with Gasteiger partial charge in [-0.25, -0.2) is 0 Å². The van der Waals surface area contributed by atoms with Crippen LogP contribution in [0.15, 0.2) is 21.1 Å². The lowest BCUT2D eigenvalue weighted by atomic mass is 10.2. The lowest BCUT2D eigenvalue weighted by Gasteiger charge is -2.23. The molecule has 0 aliphatic carbocycles. The highest BCUT2D eigenvalue weighted by Gasteiger charge is 2.34. The summed E-state index contributed by atoms with van der Waals surface area (Å²) in [4.78, 5) is 0. The van der Waals surface area contributed by atoms with Crippen LogP contribution < -0.4 is 5.73 Å². The topological polar surface area (TPSA) is 81.8 Å². The van der Waals surface area contributed by atoms with E-state index in [0.29, 0.717) is 14.5 Å². The second-order valence-corrected chi connectivity index (χ2v) is 7.51. The number of hydrogen-bond donors (Lipinski definition) is 2. The van der Waals surface area contributed by atoms with Gasteiger partial charge in [-0.15, -0.1) is 0 Å². The molecule has 0 amide bonds. The molecule has 1 atom stereocenters. The molecule has 5 nitrogen and oxygen atoms in total. The highest BCUT2D eigenvalue weighted by Crippen LogP contribution is 2.58.